The van der Waals surface area contributed by atoms with Gasteiger partial charge in [-0.3, -0.25) is 28.8 Å². The predicted octanol–water partition coefficient (Wildman–Crippen LogP) is 3.99. The van der Waals surface area contributed by atoms with Crippen molar-refractivity contribution in [3.05, 3.63) is 70.8 Å². The number of benzene rings is 2. The summed E-state index contributed by atoms with van der Waals surface area (Å²) < 4.78 is 0. The van der Waals surface area contributed by atoms with E-state index in [1.807, 2.05) is 90.2 Å². The Morgan fingerprint density at radius 1 is 0.643 bits per heavy atom. The van der Waals surface area contributed by atoms with E-state index in [2.05, 4.69) is 31.9 Å². The molecule has 9 rings (SSSR count). The Morgan fingerprint density at radius 2 is 1.09 bits per heavy atom. The largest absolute Gasteiger partial charge is 0.367 e. The maximum atomic E-state index is 14.7. The number of hydrogen-bond acceptors (Lipinski definition) is 11. The summed E-state index contributed by atoms with van der Waals surface area (Å²) in [6.45, 7) is 10.1. The van der Waals surface area contributed by atoms with Crippen LogP contribution in [0.2, 0.25) is 0 Å². The van der Waals surface area contributed by atoms with E-state index in [-0.39, 0.29) is 64.3 Å². The second-order valence-corrected chi connectivity index (χ2v) is 25.2. The molecule has 3 aliphatic carbocycles. The van der Waals surface area contributed by atoms with Crippen LogP contribution < -0.4 is 37.6 Å². The topological polar surface area (TPSA) is 207 Å². The van der Waals surface area contributed by atoms with Crippen molar-refractivity contribution < 1.29 is 28.8 Å². The highest BCUT2D eigenvalue weighted by atomic mass is 32.2. The summed E-state index contributed by atoms with van der Waals surface area (Å²) in [4.78, 5) is 89.9. The minimum Gasteiger partial charge on any atom is -0.367 e. The van der Waals surface area contributed by atoms with E-state index in [1.54, 1.807) is 33.3 Å². The van der Waals surface area contributed by atoms with Crippen molar-refractivity contribution in [1.29, 1.82) is 0 Å². The molecule has 1 saturated carbocycles. The fraction of sp³-hybridized carbons (Fsp3) is 0.635. The number of amides is 6. The fourth-order valence-electron chi connectivity index (χ4n) is 12.5. The molecular weight excluding hydrogens is 943 g/mol. The first kappa shape index (κ1) is 50.7. The van der Waals surface area contributed by atoms with E-state index in [4.69, 9.17) is 18.0 Å². The summed E-state index contributed by atoms with van der Waals surface area (Å²) in [7, 11) is 1.82. The molecule has 2 aromatic carbocycles. The quantitative estimate of drug-likeness (QED) is 0.160. The van der Waals surface area contributed by atoms with Crippen molar-refractivity contribution in [2.24, 2.45) is 28.4 Å². The molecule has 0 radical (unpaired) electrons. The van der Waals surface area contributed by atoms with Gasteiger partial charge in [0.2, 0.25) is 35.4 Å². The predicted molar refractivity (Wildman–Crippen MR) is 277 cm³/mol. The van der Waals surface area contributed by atoms with Gasteiger partial charge in [-0.1, -0.05) is 88.4 Å². The zero-order valence-corrected chi connectivity index (χ0v) is 43.7. The Kier molecular flexibility index (Phi) is 14.7. The fourth-order valence-corrected chi connectivity index (χ4v) is 15.9. The average molecular weight is 1010 g/mol. The summed E-state index contributed by atoms with van der Waals surface area (Å²) in [5.41, 5.74) is 9.15. The van der Waals surface area contributed by atoms with E-state index in [0.717, 1.165) is 33.8 Å². The number of nitrogens with zero attached hydrogens (tertiary/aromatic N) is 2. The van der Waals surface area contributed by atoms with Crippen LogP contribution >= 0.6 is 35.7 Å². The second-order valence-electron chi connectivity index (χ2n) is 22.1. The average Bonchev–Trinajstić information content (AvgIpc) is 3.99. The number of carbonyl (C=O) groups is 6. The lowest BCUT2D eigenvalue weighted by Gasteiger charge is -2.36. The maximum Gasteiger partial charge on any atom is 0.246 e. The van der Waals surface area contributed by atoms with Crippen molar-refractivity contribution in [2.45, 2.75) is 164 Å². The van der Waals surface area contributed by atoms with Crippen molar-refractivity contribution in [3.8, 4) is 0 Å². The van der Waals surface area contributed by atoms with Crippen LogP contribution in [0.15, 0.2) is 48.5 Å². The van der Waals surface area contributed by atoms with Crippen molar-refractivity contribution in [2.75, 3.05) is 18.6 Å². The zero-order valence-electron chi connectivity index (χ0n) is 41.3. The first-order chi connectivity index (χ1) is 33.4. The van der Waals surface area contributed by atoms with E-state index < -0.39 is 58.9 Å². The molecule has 5 fully saturated rings. The molecule has 7 aliphatic rings. The Bertz CT molecular complexity index is 2390. The van der Waals surface area contributed by atoms with Crippen molar-refractivity contribution in [1.82, 2.24) is 41.7 Å². The molecule has 8 N–H and O–H groups in total. The van der Waals surface area contributed by atoms with Crippen molar-refractivity contribution >= 4 is 76.2 Å². The number of nitrogens with one attached hydrogen (secondary N) is 6. The highest BCUT2D eigenvalue weighted by molar-refractivity contribution is 8.00. The van der Waals surface area contributed by atoms with Crippen LogP contribution in [0.3, 0.4) is 0 Å². The number of thioether (sulfide) groups is 2. The lowest BCUT2D eigenvalue weighted by atomic mass is 9.83. The number of nitrogens with two attached hydrogens (primary N) is 1. The van der Waals surface area contributed by atoms with Crippen LogP contribution in [-0.2, 0) is 41.6 Å². The standard InChI is InChI=1S/C52H71N9O6S3/c1-27(54-6)48(68)57-37-20-22-70-39-26-52(4,5)43(61(39)50(37)67)47(65)59-41-33-14-10-8-12-29(33)24-35(41)45(63)56-31-17-15-30(16-18-31)55-44(62)34-23-28-11-7-9-13-32(28)40(34)58-46(64)42-51(2,3)25-38-60(42)49(66)36(53)19-21-69-38/h7-14,27,30-31,34-43,54H,15-26,53H2,1-6H3,(H,55,62)(H,56,63)(H,57,68)(H,58,64)(H,59,65)/t27-,30?,31?,34+,35+,36-,37-,38-,39-,40-,41-,42+,43+/m0/s1. The summed E-state index contributed by atoms with van der Waals surface area (Å²) in [6, 6.07) is 11.6. The van der Waals surface area contributed by atoms with Gasteiger partial charge in [-0.05, 0) is 123 Å². The van der Waals surface area contributed by atoms with Gasteiger partial charge in [0.25, 0.3) is 0 Å². The summed E-state index contributed by atoms with van der Waals surface area (Å²) in [6.07, 6.45) is 6.14. The highest BCUT2D eigenvalue weighted by Crippen LogP contribution is 2.49. The number of likely N-dealkylation sites (N-methyl/N-ethyl adjacent to an activating group) is 1. The Balaban J connectivity index is 0.831. The smallest absolute Gasteiger partial charge is 0.246 e. The molecule has 0 unspecified atom stereocenters. The Labute approximate surface area is 426 Å². The number of hydrogen-bond donors (Lipinski definition) is 7. The molecule has 6 amide bonds. The molecule has 4 saturated heterocycles. The Hall–Kier alpha value is -4.23. The summed E-state index contributed by atoms with van der Waals surface area (Å²) >= 11 is 9.02. The van der Waals surface area contributed by atoms with E-state index >= 15 is 0 Å². The molecule has 11 atom stereocenters. The van der Waals surface area contributed by atoms with Gasteiger partial charge in [0.1, 0.15) is 18.1 Å². The van der Waals surface area contributed by atoms with E-state index in [1.165, 1.54) is 0 Å². The van der Waals surface area contributed by atoms with E-state index in [9.17, 15) is 28.8 Å². The zero-order chi connectivity index (χ0) is 49.8. The van der Waals surface area contributed by atoms with Gasteiger partial charge in [-0.2, -0.15) is 0 Å². The lowest BCUT2D eigenvalue weighted by Crippen LogP contribution is -2.58. The van der Waals surface area contributed by atoms with Gasteiger partial charge in [0.05, 0.1) is 51.7 Å². The molecule has 4 heterocycles. The molecule has 0 bridgehead atoms. The third-order valence-electron chi connectivity index (χ3n) is 16.4. The summed E-state index contributed by atoms with van der Waals surface area (Å²) in [5.74, 6) is -0.658. The number of thiocarbonyl (C=S) groups is 1. The van der Waals surface area contributed by atoms with Crippen LogP contribution in [0, 0.1) is 22.7 Å². The normalized spacial score (nSPS) is 33.4. The third-order valence-corrected chi connectivity index (χ3v) is 19.4. The molecule has 4 aliphatic heterocycles. The van der Waals surface area contributed by atoms with Gasteiger partial charge in [-0.15, -0.1) is 23.5 Å². The van der Waals surface area contributed by atoms with Gasteiger partial charge >= 0.3 is 0 Å². The highest BCUT2D eigenvalue weighted by Gasteiger charge is 2.57. The molecular formula is C52H71N9O6S3. The maximum absolute atomic E-state index is 14.7. The van der Waals surface area contributed by atoms with Crippen LogP contribution in [-0.4, -0.2) is 122 Å². The lowest BCUT2D eigenvalue weighted by molar-refractivity contribution is -0.143. The monoisotopic (exact) mass is 1010 g/mol. The van der Waals surface area contributed by atoms with Gasteiger partial charge < -0.3 is 47.4 Å². The van der Waals surface area contributed by atoms with E-state index in [0.29, 0.717) is 69.2 Å². The van der Waals surface area contributed by atoms with Gasteiger partial charge in [-0.25, -0.2) is 0 Å². The summed E-state index contributed by atoms with van der Waals surface area (Å²) in [5, 5.41) is 19.4. The van der Waals surface area contributed by atoms with Crippen molar-refractivity contribution in [3.63, 3.8) is 0 Å². The first-order valence-corrected chi connectivity index (χ1v) is 27.8. The van der Waals surface area contributed by atoms with Gasteiger partial charge in [0.15, 0.2) is 0 Å². The Morgan fingerprint density at radius 3 is 1.56 bits per heavy atom. The van der Waals surface area contributed by atoms with Gasteiger partial charge in [0, 0.05) is 12.1 Å². The molecule has 0 aromatic heterocycles. The minimum absolute atomic E-state index is 0.109. The molecule has 378 valence electrons. The van der Waals surface area contributed by atoms with Crippen LogP contribution in [0.5, 0.6) is 0 Å². The number of carbonyl (C=O) groups excluding carboxylic acids is 6. The van der Waals surface area contributed by atoms with Crippen LogP contribution in [0.1, 0.15) is 120 Å². The van der Waals surface area contributed by atoms with Crippen LogP contribution in [0.4, 0.5) is 0 Å². The molecule has 15 nitrogen and oxygen atoms in total. The molecule has 70 heavy (non-hydrogen) atoms. The molecule has 2 aromatic rings. The number of rotatable bonds is 11. The first-order valence-electron chi connectivity index (χ1n) is 25.3. The molecule has 18 heteroatoms. The number of fused-ring (bicyclic) bond motifs is 4. The minimum atomic E-state index is -0.738. The van der Waals surface area contributed by atoms with Crippen LogP contribution in [0.25, 0.3) is 0 Å². The third kappa shape index (κ3) is 9.84. The molecule has 0 spiro atoms. The SMILES string of the molecule is CN[C@@H](C)C(=S)N[C@H]1CCS[C@H]2CC(C)(C)[C@@H](C(=O)N[C@H]3c4ccccc4C[C@H]3C(=O)NC3CCC(NC(=O)[C@@H]4Cc5ccccc5[C@@H]4NC(=O)[C@H]4N5C(=O)[C@@H](N)CCS[C@H]5CC4(C)C)CC3)N2C1=O. The second kappa shape index (κ2) is 20.3.